The maximum Gasteiger partial charge on any atom is 0.254 e. The third-order valence-corrected chi connectivity index (χ3v) is 4.84. The van der Waals surface area contributed by atoms with Crippen LogP contribution >= 0.6 is 0 Å². The normalized spacial score (nSPS) is 18.4. The van der Waals surface area contributed by atoms with Gasteiger partial charge in [0.1, 0.15) is 12.1 Å². The van der Waals surface area contributed by atoms with Crippen molar-refractivity contribution in [3.63, 3.8) is 0 Å². The molecule has 3 aromatic heterocycles. The number of hydrogen-bond donors (Lipinski definition) is 0. The smallest absolute Gasteiger partial charge is 0.254 e. The highest BCUT2D eigenvalue weighted by molar-refractivity contribution is 5.47. The van der Waals surface area contributed by atoms with Gasteiger partial charge in [0.15, 0.2) is 0 Å². The number of rotatable bonds is 4. The summed E-state index contributed by atoms with van der Waals surface area (Å²) in [7, 11) is 1.64. The molecule has 1 saturated heterocycles. The summed E-state index contributed by atoms with van der Waals surface area (Å²) in [5.41, 5.74) is 2.16. The number of anilines is 1. The first-order valence-electron chi connectivity index (χ1n) is 8.79. The molecule has 1 atom stereocenters. The van der Waals surface area contributed by atoms with E-state index in [2.05, 4.69) is 48.9 Å². The SMILES string of the molecule is COc1ccc(CN2CCN(c3cc(C)nc4ncnn34)CC2C)cn1. The first-order valence-corrected chi connectivity index (χ1v) is 8.79. The third kappa shape index (κ3) is 3.20. The Morgan fingerprint density at radius 2 is 2.12 bits per heavy atom. The number of aryl methyl sites for hydroxylation is 1. The lowest BCUT2D eigenvalue weighted by atomic mass is 10.1. The van der Waals surface area contributed by atoms with Crippen LogP contribution in [0.1, 0.15) is 18.2 Å². The molecule has 136 valence electrons. The Hall–Kier alpha value is -2.74. The number of hydrogen-bond acceptors (Lipinski definition) is 7. The molecule has 0 aliphatic carbocycles. The van der Waals surface area contributed by atoms with Gasteiger partial charge in [-0.05, 0) is 19.4 Å². The van der Waals surface area contributed by atoms with Crippen LogP contribution in [0.3, 0.4) is 0 Å². The minimum absolute atomic E-state index is 0.415. The summed E-state index contributed by atoms with van der Waals surface area (Å²) in [4.78, 5) is 17.8. The molecule has 3 aromatic rings. The molecule has 1 aliphatic heterocycles. The lowest BCUT2D eigenvalue weighted by Gasteiger charge is -2.40. The fourth-order valence-corrected chi connectivity index (χ4v) is 3.43. The Morgan fingerprint density at radius 1 is 1.23 bits per heavy atom. The Bertz CT molecular complexity index is 892. The summed E-state index contributed by atoms with van der Waals surface area (Å²) in [5, 5.41) is 4.33. The average molecular weight is 353 g/mol. The Labute approximate surface area is 152 Å². The molecule has 8 nitrogen and oxygen atoms in total. The van der Waals surface area contributed by atoms with Gasteiger partial charge in [-0.1, -0.05) is 6.07 Å². The molecule has 0 bridgehead atoms. The van der Waals surface area contributed by atoms with Gasteiger partial charge < -0.3 is 9.64 Å². The molecule has 1 aliphatic rings. The van der Waals surface area contributed by atoms with Crippen LogP contribution in [0, 0.1) is 6.92 Å². The van der Waals surface area contributed by atoms with Gasteiger partial charge in [-0.15, -0.1) is 0 Å². The van der Waals surface area contributed by atoms with Crippen LogP contribution in [-0.2, 0) is 6.54 Å². The van der Waals surface area contributed by atoms with Gasteiger partial charge in [0.2, 0.25) is 5.88 Å². The van der Waals surface area contributed by atoms with Crippen molar-refractivity contribution in [1.29, 1.82) is 0 Å². The molecule has 0 spiro atoms. The van der Waals surface area contributed by atoms with Crippen molar-refractivity contribution >= 4 is 11.6 Å². The number of piperazine rings is 1. The van der Waals surface area contributed by atoms with Gasteiger partial charge in [0.25, 0.3) is 5.78 Å². The summed E-state index contributed by atoms with van der Waals surface area (Å²) in [6.07, 6.45) is 3.45. The van der Waals surface area contributed by atoms with E-state index in [1.54, 1.807) is 13.4 Å². The van der Waals surface area contributed by atoms with Crippen molar-refractivity contribution in [2.75, 3.05) is 31.6 Å². The monoisotopic (exact) mass is 353 g/mol. The first-order chi connectivity index (χ1) is 12.6. The van der Waals surface area contributed by atoms with Gasteiger partial charge in [-0.2, -0.15) is 14.6 Å². The zero-order valence-corrected chi connectivity index (χ0v) is 15.3. The Balaban J connectivity index is 1.48. The van der Waals surface area contributed by atoms with Crippen molar-refractivity contribution in [2.45, 2.75) is 26.4 Å². The van der Waals surface area contributed by atoms with Crippen molar-refractivity contribution in [3.05, 3.63) is 42.0 Å². The van der Waals surface area contributed by atoms with Crippen molar-refractivity contribution < 1.29 is 4.74 Å². The predicted octanol–water partition coefficient (Wildman–Crippen LogP) is 1.55. The highest BCUT2D eigenvalue weighted by Crippen LogP contribution is 2.21. The molecule has 4 heterocycles. The number of aromatic nitrogens is 5. The van der Waals surface area contributed by atoms with Crippen molar-refractivity contribution in [1.82, 2.24) is 29.5 Å². The summed E-state index contributed by atoms with van der Waals surface area (Å²) in [5.74, 6) is 2.36. The topological polar surface area (TPSA) is 71.7 Å². The molecule has 0 aromatic carbocycles. The largest absolute Gasteiger partial charge is 0.481 e. The number of pyridine rings is 1. The molecule has 0 amide bonds. The van der Waals surface area contributed by atoms with Crippen LogP contribution in [0.5, 0.6) is 5.88 Å². The van der Waals surface area contributed by atoms with E-state index in [4.69, 9.17) is 4.74 Å². The highest BCUT2D eigenvalue weighted by atomic mass is 16.5. The number of fused-ring (bicyclic) bond motifs is 1. The van der Waals surface area contributed by atoms with E-state index < -0.39 is 0 Å². The quantitative estimate of drug-likeness (QED) is 0.704. The lowest BCUT2D eigenvalue weighted by Crippen LogP contribution is -2.52. The first kappa shape index (κ1) is 16.7. The summed E-state index contributed by atoms with van der Waals surface area (Å²) in [6, 6.07) is 6.49. The van der Waals surface area contributed by atoms with E-state index >= 15 is 0 Å². The molecule has 1 fully saturated rings. The zero-order valence-electron chi connectivity index (χ0n) is 15.3. The molecule has 0 saturated carbocycles. The number of nitrogens with zero attached hydrogens (tertiary/aromatic N) is 7. The fraction of sp³-hybridized carbons (Fsp3) is 0.444. The van der Waals surface area contributed by atoms with Crippen LogP contribution < -0.4 is 9.64 Å². The molecule has 0 radical (unpaired) electrons. The maximum atomic E-state index is 5.13. The molecule has 8 heteroatoms. The van der Waals surface area contributed by atoms with E-state index in [9.17, 15) is 0 Å². The van der Waals surface area contributed by atoms with Crippen LogP contribution in [0.15, 0.2) is 30.7 Å². The minimum atomic E-state index is 0.415. The zero-order chi connectivity index (χ0) is 18.1. The molecule has 0 N–H and O–H groups in total. The van der Waals surface area contributed by atoms with Crippen molar-refractivity contribution in [3.8, 4) is 5.88 Å². The van der Waals surface area contributed by atoms with E-state index in [0.29, 0.717) is 17.7 Å². The predicted molar refractivity (Wildman–Crippen MR) is 98.4 cm³/mol. The van der Waals surface area contributed by atoms with Crippen LogP contribution in [-0.4, -0.2) is 62.3 Å². The summed E-state index contributed by atoms with van der Waals surface area (Å²) < 4.78 is 6.95. The molecular formula is C18H23N7O. The third-order valence-electron chi connectivity index (χ3n) is 4.84. The van der Waals surface area contributed by atoms with E-state index in [1.807, 2.05) is 23.7 Å². The van der Waals surface area contributed by atoms with Crippen molar-refractivity contribution in [2.24, 2.45) is 0 Å². The second-order valence-electron chi connectivity index (χ2n) is 6.70. The molecule has 4 rings (SSSR count). The fourth-order valence-electron chi connectivity index (χ4n) is 3.43. The number of ether oxygens (including phenoxy) is 1. The Morgan fingerprint density at radius 3 is 2.85 bits per heavy atom. The average Bonchev–Trinajstić information content (AvgIpc) is 3.11. The second kappa shape index (κ2) is 6.87. The highest BCUT2D eigenvalue weighted by Gasteiger charge is 2.25. The molecule has 26 heavy (non-hydrogen) atoms. The van der Waals surface area contributed by atoms with Crippen LogP contribution in [0.25, 0.3) is 5.78 Å². The van der Waals surface area contributed by atoms with E-state index in [0.717, 1.165) is 37.7 Å². The maximum absolute atomic E-state index is 5.13. The van der Waals surface area contributed by atoms with Gasteiger partial charge in [-0.25, -0.2) is 9.97 Å². The lowest BCUT2D eigenvalue weighted by molar-refractivity contribution is 0.180. The van der Waals surface area contributed by atoms with E-state index in [1.165, 1.54) is 5.56 Å². The van der Waals surface area contributed by atoms with Gasteiger partial charge in [0.05, 0.1) is 7.11 Å². The van der Waals surface area contributed by atoms with Crippen LogP contribution in [0.4, 0.5) is 5.82 Å². The number of methoxy groups -OCH3 is 1. The standard InChI is InChI=1S/C18H23N7O/c1-13-8-17(25-18(22-13)20-12-21-25)24-7-6-23(14(2)10-24)11-15-4-5-16(26-3)19-9-15/h4-5,8-9,12,14H,6-7,10-11H2,1-3H3. The Kier molecular flexibility index (Phi) is 4.42. The molecule has 1 unspecified atom stereocenters. The van der Waals surface area contributed by atoms with E-state index in [-0.39, 0.29) is 0 Å². The second-order valence-corrected chi connectivity index (χ2v) is 6.70. The van der Waals surface area contributed by atoms with Crippen LogP contribution in [0.2, 0.25) is 0 Å². The molecular weight excluding hydrogens is 330 g/mol. The van der Waals surface area contributed by atoms with Gasteiger partial charge in [0, 0.05) is 56.2 Å². The van der Waals surface area contributed by atoms with Gasteiger partial charge >= 0.3 is 0 Å². The van der Waals surface area contributed by atoms with Gasteiger partial charge in [-0.3, -0.25) is 4.90 Å². The minimum Gasteiger partial charge on any atom is -0.481 e. The summed E-state index contributed by atoms with van der Waals surface area (Å²) >= 11 is 0. The summed E-state index contributed by atoms with van der Waals surface area (Å²) in [6.45, 7) is 7.99.